The molecule has 1 amide bonds. The van der Waals surface area contributed by atoms with Gasteiger partial charge < -0.3 is 20.1 Å². The molecule has 1 aliphatic carbocycles. The lowest BCUT2D eigenvalue weighted by molar-refractivity contribution is -0.141. The van der Waals surface area contributed by atoms with E-state index in [0.29, 0.717) is 31.2 Å². The molecule has 2 aromatic rings. The highest BCUT2D eigenvalue weighted by molar-refractivity contribution is 5.98. The van der Waals surface area contributed by atoms with Gasteiger partial charge in [0.25, 0.3) is 0 Å². The van der Waals surface area contributed by atoms with E-state index >= 15 is 0 Å². The van der Waals surface area contributed by atoms with Crippen molar-refractivity contribution in [1.29, 1.82) is 5.26 Å². The van der Waals surface area contributed by atoms with Crippen molar-refractivity contribution in [3.8, 4) is 11.8 Å². The highest BCUT2D eigenvalue weighted by atomic mass is 16.5. The number of carbonyl (C=O) groups is 2. The number of hydrogen-bond acceptors (Lipinski definition) is 5. The van der Waals surface area contributed by atoms with Gasteiger partial charge in [-0.1, -0.05) is 31.4 Å². The number of anilines is 1. The molecule has 0 aromatic heterocycles. The van der Waals surface area contributed by atoms with Gasteiger partial charge in [-0.2, -0.15) is 5.26 Å². The minimum atomic E-state index is -1.04. The molecule has 1 fully saturated rings. The van der Waals surface area contributed by atoms with Crippen LogP contribution in [0.2, 0.25) is 0 Å². The number of carbonyl (C=O) groups excluding carboxylic acids is 1. The van der Waals surface area contributed by atoms with Crippen LogP contribution < -0.4 is 15.0 Å². The summed E-state index contributed by atoms with van der Waals surface area (Å²) in [4.78, 5) is 25.5. The van der Waals surface area contributed by atoms with Gasteiger partial charge in [0, 0.05) is 12.2 Å². The number of aliphatic carboxylic acids is 1. The molecule has 178 valence electrons. The summed E-state index contributed by atoms with van der Waals surface area (Å²) in [6.07, 6.45) is 6.67. The van der Waals surface area contributed by atoms with Crippen LogP contribution in [-0.2, 0) is 22.6 Å². The fourth-order valence-corrected chi connectivity index (χ4v) is 5.05. The highest BCUT2D eigenvalue weighted by Crippen LogP contribution is 2.35. The Kier molecular flexibility index (Phi) is 7.49. The van der Waals surface area contributed by atoms with Crippen molar-refractivity contribution in [3.63, 3.8) is 0 Å². The fourth-order valence-electron chi connectivity index (χ4n) is 5.05. The maximum absolute atomic E-state index is 12.6. The van der Waals surface area contributed by atoms with E-state index in [2.05, 4.69) is 23.5 Å². The van der Waals surface area contributed by atoms with Crippen LogP contribution >= 0.6 is 0 Å². The average molecular weight is 462 g/mol. The van der Waals surface area contributed by atoms with Crippen molar-refractivity contribution in [2.75, 3.05) is 18.5 Å². The lowest BCUT2D eigenvalue weighted by Crippen LogP contribution is -2.40. The molecule has 1 aliphatic heterocycles. The number of nitrogens with one attached hydrogen (secondary N) is 1. The first-order chi connectivity index (χ1) is 16.5. The molecular formula is C27H31N3O4. The largest absolute Gasteiger partial charge is 0.489 e. The summed E-state index contributed by atoms with van der Waals surface area (Å²) >= 11 is 0. The van der Waals surface area contributed by atoms with Crippen LogP contribution in [0.3, 0.4) is 0 Å². The molecule has 1 atom stereocenters. The number of nitriles is 1. The van der Waals surface area contributed by atoms with Gasteiger partial charge in [0.15, 0.2) is 0 Å². The number of benzene rings is 2. The molecule has 34 heavy (non-hydrogen) atoms. The summed E-state index contributed by atoms with van der Waals surface area (Å²) in [6, 6.07) is 13.2. The number of rotatable bonds is 8. The average Bonchev–Trinajstić information content (AvgIpc) is 3.29. The van der Waals surface area contributed by atoms with Gasteiger partial charge in [-0.05, 0) is 73.2 Å². The topological polar surface area (TPSA) is 103 Å². The number of hydrogen-bond donors (Lipinski definition) is 2. The van der Waals surface area contributed by atoms with Gasteiger partial charge in [-0.25, -0.2) is 0 Å². The van der Waals surface area contributed by atoms with Gasteiger partial charge in [0.05, 0.1) is 18.1 Å². The maximum Gasteiger partial charge on any atom is 0.321 e. The summed E-state index contributed by atoms with van der Waals surface area (Å²) < 4.78 is 6.01. The fraction of sp³-hybridized carbons (Fsp3) is 0.444. The van der Waals surface area contributed by atoms with Gasteiger partial charge in [-0.3, -0.25) is 9.59 Å². The smallest absolute Gasteiger partial charge is 0.321 e. The SMILES string of the molecule is CNC(CC(=O)N1CCc2cc(OCc3ccc(C4CCCCC4)c(C#N)c3)ccc21)C(=O)O. The second-order valence-electron chi connectivity index (χ2n) is 9.13. The van der Waals surface area contributed by atoms with Crippen LogP contribution in [0, 0.1) is 11.3 Å². The third-order valence-electron chi connectivity index (χ3n) is 6.96. The van der Waals surface area contributed by atoms with Gasteiger partial charge in [-0.15, -0.1) is 0 Å². The summed E-state index contributed by atoms with van der Waals surface area (Å²) in [6.45, 7) is 0.894. The van der Waals surface area contributed by atoms with E-state index in [-0.39, 0.29) is 12.3 Å². The molecule has 2 N–H and O–H groups in total. The van der Waals surface area contributed by atoms with Crippen molar-refractivity contribution in [2.45, 2.75) is 63.5 Å². The minimum Gasteiger partial charge on any atom is -0.489 e. The van der Waals surface area contributed by atoms with E-state index in [1.165, 1.54) is 26.3 Å². The van der Waals surface area contributed by atoms with Crippen LogP contribution in [0.5, 0.6) is 5.75 Å². The number of carboxylic acid groups (broad SMARTS) is 1. The Morgan fingerprint density at radius 1 is 1.21 bits per heavy atom. The van der Waals surface area contributed by atoms with E-state index in [1.807, 2.05) is 24.3 Å². The molecule has 1 saturated carbocycles. The lowest BCUT2D eigenvalue weighted by atomic mass is 9.82. The zero-order chi connectivity index (χ0) is 24.1. The molecule has 0 spiro atoms. The predicted octanol–water partition coefficient (Wildman–Crippen LogP) is 4.14. The monoisotopic (exact) mass is 461 g/mol. The normalized spacial score (nSPS) is 16.5. The van der Waals surface area contributed by atoms with Crippen molar-refractivity contribution in [1.82, 2.24) is 5.32 Å². The van der Waals surface area contributed by atoms with Crippen molar-refractivity contribution >= 4 is 17.6 Å². The Labute approximate surface area is 200 Å². The highest BCUT2D eigenvalue weighted by Gasteiger charge is 2.28. The third-order valence-corrected chi connectivity index (χ3v) is 6.96. The van der Waals surface area contributed by atoms with E-state index in [4.69, 9.17) is 4.74 Å². The maximum atomic E-state index is 12.6. The molecule has 2 aliphatic rings. The van der Waals surface area contributed by atoms with Gasteiger partial charge in [0.2, 0.25) is 5.91 Å². The van der Waals surface area contributed by atoms with Crippen LogP contribution in [0.25, 0.3) is 0 Å². The molecule has 1 unspecified atom stereocenters. The van der Waals surface area contributed by atoms with Crippen molar-refractivity contribution < 1.29 is 19.4 Å². The molecule has 2 aromatic carbocycles. The van der Waals surface area contributed by atoms with Crippen LogP contribution in [0.15, 0.2) is 36.4 Å². The Morgan fingerprint density at radius 2 is 2.00 bits per heavy atom. The first kappa shape index (κ1) is 23.8. The quantitative estimate of drug-likeness (QED) is 0.613. The van der Waals surface area contributed by atoms with Gasteiger partial charge in [0.1, 0.15) is 18.4 Å². The number of likely N-dealkylation sites (N-methyl/N-ethyl adjacent to an activating group) is 1. The van der Waals surface area contributed by atoms with Crippen LogP contribution in [0.1, 0.15) is 66.7 Å². The number of ether oxygens (including phenoxy) is 1. The van der Waals surface area contributed by atoms with E-state index < -0.39 is 12.0 Å². The minimum absolute atomic E-state index is 0.0956. The molecule has 0 bridgehead atoms. The Morgan fingerprint density at radius 3 is 2.71 bits per heavy atom. The lowest BCUT2D eigenvalue weighted by Gasteiger charge is -2.23. The number of fused-ring (bicyclic) bond motifs is 1. The van der Waals surface area contributed by atoms with Gasteiger partial charge >= 0.3 is 5.97 Å². The first-order valence-electron chi connectivity index (χ1n) is 12.0. The second-order valence-corrected chi connectivity index (χ2v) is 9.13. The summed E-state index contributed by atoms with van der Waals surface area (Å²) in [5.41, 5.74) is 4.68. The Hall–Kier alpha value is -3.37. The van der Waals surface area contributed by atoms with E-state index in [0.717, 1.165) is 40.8 Å². The molecule has 4 rings (SSSR count). The molecule has 0 saturated heterocycles. The van der Waals surface area contributed by atoms with Crippen molar-refractivity contribution in [3.05, 3.63) is 58.7 Å². The molecular weight excluding hydrogens is 430 g/mol. The Bertz CT molecular complexity index is 1100. The second kappa shape index (κ2) is 10.7. The molecule has 7 nitrogen and oxygen atoms in total. The third kappa shape index (κ3) is 5.23. The number of amides is 1. The summed E-state index contributed by atoms with van der Waals surface area (Å²) in [7, 11) is 1.54. The molecule has 1 heterocycles. The molecule has 7 heteroatoms. The van der Waals surface area contributed by atoms with Crippen LogP contribution in [-0.4, -0.2) is 36.6 Å². The first-order valence-corrected chi connectivity index (χ1v) is 12.0. The number of carboxylic acids is 1. The predicted molar refractivity (Wildman–Crippen MR) is 129 cm³/mol. The van der Waals surface area contributed by atoms with Crippen LogP contribution in [0.4, 0.5) is 5.69 Å². The van der Waals surface area contributed by atoms with Crippen molar-refractivity contribution in [2.24, 2.45) is 0 Å². The standard InChI is InChI=1S/C27H31N3O4/c1-29-24(27(32)33)15-26(31)30-12-11-20-14-22(8-10-25(20)30)34-17-18-7-9-23(21(13-18)16-28)19-5-3-2-4-6-19/h7-10,13-14,19,24,29H,2-6,11-12,15,17H2,1H3,(H,32,33). The zero-order valence-corrected chi connectivity index (χ0v) is 19.5. The molecule has 0 radical (unpaired) electrons. The summed E-state index contributed by atoms with van der Waals surface area (Å²) in [5.74, 6) is -0.0530. The van der Waals surface area contributed by atoms with E-state index in [1.54, 1.807) is 4.90 Å². The Balaban J connectivity index is 1.40. The zero-order valence-electron chi connectivity index (χ0n) is 19.5. The van der Waals surface area contributed by atoms with E-state index in [9.17, 15) is 20.0 Å². The summed E-state index contributed by atoms with van der Waals surface area (Å²) in [5, 5.41) is 21.5. The number of nitrogens with zero attached hydrogens (tertiary/aromatic N) is 2.